The van der Waals surface area contributed by atoms with Crippen molar-refractivity contribution in [3.63, 3.8) is 0 Å². The first-order valence-corrected chi connectivity index (χ1v) is 5.11. The molecule has 0 spiro atoms. The van der Waals surface area contributed by atoms with Crippen LogP contribution in [-0.4, -0.2) is 21.9 Å². The molecule has 0 aliphatic carbocycles. The standard InChI is InChI=1S/C8H9IN2O/c9-3-5-11-8(12)7-2-1-4-10-6-7/h1-2,4,6H,3,5H2,(H,11,12). The Hall–Kier alpha value is -0.650. The normalized spacial score (nSPS) is 9.42. The van der Waals surface area contributed by atoms with E-state index >= 15 is 0 Å². The summed E-state index contributed by atoms with van der Waals surface area (Å²) in [5.74, 6) is -0.0558. The van der Waals surface area contributed by atoms with E-state index in [1.807, 2.05) is 0 Å². The van der Waals surface area contributed by atoms with E-state index in [1.54, 1.807) is 24.5 Å². The van der Waals surface area contributed by atoms with Gasteiger partial charge in [-0.1, -0.05) is 22.6 Å². The zero-order valence-corrected chi connectivity index (χ0v) is 8.61. The summed E-state index contributed by atoms with van der Waals surface area (Å²) in [5, 5.41) is 2.76. The van der Waals surface area contributed by atoms with Crippen molar-refractivity contribution in [1.82, 2.24) is 10.3 Å². The first-order valence-electron chi connectivity index (χ1n) is 3.59. The molecule has 0 radical (unpaired) electrons. The molecule has 1 N–H and O–H groups in total. The molecule has 1 aromatic heterocycles. The minimum absolute atomic E-state index is 0.0558. The lowest BCUT2D eigenvalue weighted by molar-refractivity contribution is 0.0956. The Bertz CT molecular complexity index is 250. The highest BCUT2D eigenvalue weighted by molar-refractivity contribution is 14.1. The smallest absolute Gasteiger partial charge is 0.252 e. The van der Waals surface area contributed by atoms with Crippen LogP contribution in [0.15, 0.2) is 24.5 Å². The maximum absolute atomic E-state index is 11.2. The minimum atomic E-state index is -0.0558. The van der Waals surface area contributed by atoms with Gasteiger partial charge in [0.25, 0.3) is 5.91 Å². The van der Waals surface area contributed by atoms with Crippen LogP contribution in [0.25, 0.3) is 0 Å². The van der Waals surface area contributed by atoms with Crippen LogP contribution in [0, 0.1) is 0 Å². The summed E-state index contributed by atoms with van der Waals surface area (Å²) in [7, 11) is 0. The van der Waals surface area contributed by atoms with E-state index in [-0.39, 0.29) is 5.91 Å². The highest BCUT2D eigenvalue weighted by Crippen LogP contribution is 1.94. The van der Waals surface area contributed by atoms with Gasteiger partial charge in [0, 0.05) is 23.4 Å². The van der Waals surface area contributed by atoms with Gasteiger partial charge in [-0.05, 0) is 12.1 Å². The van der Waals surface area contributed by atoms with E-state index in [4.69, 9.17) is 0 Å². The van der Waals surface area contributed by atoms with Gasteiger partial charge in [0.05, 0.1) is 5.56 Å². The molecule has 1 heterocycles. The van der Waals surface area contributed by atoms with Crippen molar-refractivity contribution in [2.75, 3.05) is 11.0 Å². The van der Waals surface area contributed by atoms with Crippen LogP contribution in [0.1, 0.15) is 10.4 Å². The fourth-order valence-corrected chi connectivity index (χ4v) is 1.03. The molecule has 0 aliphatic rings. The van der Waals surface area contributed by atoms with Crippen molar-refractivity contribution in [2.24, 2.45) is 0 Å². The van der Waals surface area contributed by atoms with Crippen LogP contribution < -0.4 is 5.32 Å². The third-order valence-corrected chi connectivity index (χ3v) is 1.84. The molecule has 0 aliphatic heterocycles. The Morgan fingerprint density at radius 2 is 2.50 bits per heavy atom. The van der Waals surface area contributed by atoms with Crippen molar-refractivity contribution in [1.29, 1.82) is 0 Å². The van der Waals surface area contributed by atoms with E-state index in [0.717, 1.165) is 4.43 Å². The highest BCUT2D eigenvalue weighted by atomic mass is 127. The van der Waals surface area contributed by atoms with Crippen LogP contribution in [-0.2, 0) is 0 Å². The first-order chi connectivity index (χ1) is 5.84. The van der Waals surface area contributed by atoms with Gasteiger partial charge in [-0.15, -0.1) is 0 Å². The SMILES string of the molecule is O=C(NCCI)c1cccnc1. The molecule has 4 heteroatoms. The highest BCUT2D eigenvalue weighted by Gasteiger charge is 2.01. The molecule has 0 fully saturated rings. The summed E-state index contributed by atoms with van der Waals surface area (Å²) in [6.07, 6.45) is 3.21. The number of carbonyl (C=O) groups excluding carboxylic acids is 1. The number of amides is 1. The molecule has 0 saturated carbocycles. The Morgan fingerprint density at radius 1 is 1.67 bits per heavy atom. The van der Waals surface area contributed by atoms with Crippen molar-refractivity contribution < 1.29 is 4.79 Å². The maximum atomic E-state index is 11.2. The number of aromatic nitrogens is 1. The molecule has 0 unspecified atom stereocenters. The van der Waals surface area contributed by atoms with Gasteiger partial charge in [-0.25, -0.2) is 0 Å². The van der Waals surface area contributed by atoms with Crippen LogP contribution in [0.2, 0.25) is 0 Å². The van der Waals surface area contributed by atoms with E-state index in [1.165, 1.54) is 0 Å². The zero-order chi connectivity index (χ0) is 8.81. The van der Waals surface area contributed by atoms with E-state index in [2.05, 4.69) is 32.9 Å². The Morgan fingerprint density at radius 3 is 3.08 bits per heavy atom. The lowest BCUT2D eigenvalue weighted by Gasteiger charge is -2.00. The number of carbonyl (C=O) groups is 1. The second kappa shape index (κ2) is 5.08. The monoisotopic (exact) mass is 276 g/mol. The summed E-state index contributed by atoms with van der Waals surface area (Å²) in [5.41, 5.74) is 0.613. The molecule has 1 aromatic rings. The number of pyridine rings is 1. The number of nitrogens with zero attached hydrogens (tertiary/aromatic N) is 1. The van der Waals surface area contributed by atoms with Gasteiger partial charge in [0.1, 0.15) is 0 Å². The van der Waals surface area contributed by atoms with E-state index in [9.17, 15) is 4.79 Å². The quantitative estimate of drug-likeness (QED) is 0.666. The molecule has 0 bridgehead atoms. The number of hydrogen-bond donors (Lipinski definition) is 1. The third kappa shape index (κ3) is 2.77. The number of hydrogen-bond acceptors (Lipinski definition) is 2. The molecule has 0 atom stereocenters. The largest absolute Gasteiger partial charge is 0.351 e. The number of alkyl halides is 1. The zero-order valence-electron chi connectivity index (χ0n) is 6.46. The minimum Gasteiger partial charge on any atom is -0.351 e. The second-order valence-corrected chi connectivity index (χ2v) is 3.27. The molecule has 0 aromatic carbocycles. The number of rotatable bonds is 3. The molecule has 12 heavy (non-hydrogen) atoms. The van der Waals surface area contributed by atoms with Crippen molar-refractivity contribution in [2.45, 2.75) is 0 Å². The lowest BCUT2D eigenvalue weighted by atomic mass is 10.3. The summed E-state index contributed by atoms with van der Waals surface area (Å²) < 4.78 is 0.920. The van der Waals surface area contributed by atoms with Crippen LogP contribution in [0.3, 0.4) is 0 Å². The average Bonchev–Trinajstić information content (AvgIpc) is 2.15. The molecule has 3 nitrogen and oxygen atoms in total. The third-order valence-electron chi connectivity index (χ3n) is 1.30. The molecular formula is C8H9IN2O. The van der Waals surface area contributed by atoms with Gasteiger partial charge in [-0.3, -0.25) is 9.78 Å². The molecule has 1 amide bonds. The summed E-state index contributed by atoms with van der Waals surface area (Å²) in [6.45, 7) is 0.703. The van der Waals surface area contributed by atoms with Gasteiger partial charge in [0.2, 0.25) is 0 Å². The predicted molar refractivity (Wildman–Crippen MR) is 55.5 cm³/mol. The first kappa shape index (κ1) is 9.44. The Kier molecular flexibility index (Phi) is 3.99. The van der Waals surface area contributed by atoms with E-state index in [0.29, 0.717) is 12.1 Å². The molecule has 0 saturated heterocycles. The van der Waals surface area contributed by atoms with Crippen LogP contribution >= 0.6 is 22.6 Å². The van der Waals surface area contributed by atoms with Crippen molar-refractivity contribution in [3.05, 3.63) is 30.1 Å². The van der Waals surface area contributed by atoms with Gasteiger partial charge in [-0.2, -0.15) is 0 Å². The molecule has 64 valence electrons. The fraction of sp³-hybridized carbons (Fsp3) is 0.250. The van der Waals surface area contributed by atoms with Gasteiger partial charge in [0.15, 0.2) is 0 Å². The van der Waals surface area contributed by atoms with Gasteiger partial charge < -0.3 is 5.32 Å². The lowest BCUT2D eigenvalue weighted by Crippen LogP contribution is -2.25. The summed E-state index contributed by atoms with van der Waals surface area (Å²) >= 11 is 2.21. The topological polar surface area (TPSA) is 42.0 Å². The number of halogens is 1. The maximum Gasteiger partial charge on any atom is 0.252 e. The van der Waals surface area contributed by atoms with Gasteiger partial charge >= 0.3 is 0 Å². The molecule has 1 rings (SSSR count). The van der Waals surface area contributed by atoms with E-state index < -0.39 is 0 Å². The van der Waals surface area contributed by atoms with Crippen molar-refractivity contribution in [3.8, 4) is 0 Å². The van der Waals surface area contributed by atoms with Crippen LogP contribution in [0.5, 0.6) is 0 Å². The Balaban J connectivity index is 2.54. The predicted octanol–water partition coefficient (Wildman–Crippen LogP) is 1.25. The Labute approximate surface area is 84.7 Å². The van der Waals surface area contributed by atoms with Crippen LogP contribution in [0.4, 0.5) is 0 Å². The van der Waals surface area contributed by atoms with Crippen molar-refractivity contribution >= 4 is 28.5 Å². The molecular weight excluding hydrogens is 267 g/mol. The number of nitrogens with one attached hydrogen (secondary N) is 1. The fourth-order valence-electron chi connectivity index (χ4n) is 0.760. The summed E-state index contributed by atoms with van der Waals surface area (Å²) in [6, 6.07) is 3.49. The average molecular weight is 276 g/mol. The summed E-state index contributed by atoms with van der Waals surface area (Å²) in [4.78, 5) is 15.1. The second-order valence-electron chi connectivity index (χ2n) is 2.19.